The van der Waals surface area contributed by atoms with Crippen LogP contribution in [0, 0.1) is 0 Å². The number of carbonyl (C=O) groups is 2. The number of rotatable bonds is 6. The molecule has 0 bridgehead atoms. The Hall–Kier alpha value is -2.61. The number of carbonyl (C=O) groups excluding carboxylic acids is 1. The number of benzene rings is 1. The van der Waals surface area contributed by atoms with Gasteiger partial charge in [0.05, 0.1) is 30.5 Å². The first-order valence-electron chi connectivity index (χ1n) is 7.13. The molecule has 1 amide bonds. The molecule has 2 N–H and O–H groups in total. The fourth-order valence-corrected chi connectivity index (χ4v) is 2.84. The van der Waals surface area contributed by atoms with Crippen LogP contribution in [-0.2, 0) is 0 Å². The minimum absolute atomic E-state index is 0.0240. The number of carboxylic acid groups (broad SMARTS) is 1. The molecule has 0 aliphatic rings. The number of anilines is 1. The zero-order valence-corrected chi connectivity index (χ0v) is 14.6. The first kappa shape index (κ1) is 17.7. The molecule has 0 saturated carbocycles. The van der Waals surface area contributed by atoms with Gasteiger partial charge < -0.3 is 19.9 Å². The lowest BCUT2D eigenvalue weighted by Gasteiger charge is -2.14. The number of nitrogens with one attached hydrogen (secondary N) is 1. The van der Waals surface area contributed by atoms with E-state index in [-0.39, 0.29) is 34.4 Å². The molecule has 2 aromatic rings. The smallest absolute Gasteiger partial charge is 0.335 e. The van der Waals surface area contributed by atoms with E-state index >= 15 is 0 Å². The molecule has 1 aromatic heterocycles. The molecular weight excluding hydrogens is 332 g/mol. The zero-order chi connectivity index (χ0) is 17.9. The van der Waals surface area contributed by atoms with Crippen LogP contribution in [0.2, 0.25) is 0 Å². The third kappa shape index (κ3) is 3.65. The molecule has 7 nitrogen and oxygen atoms in total. The lowest BCUT2D eigenvalue weighted by atomic mass is 10.1. The summed E-state index contributed by atoms with van der Waals surface area (Å²) < 4.78 is 10.4. The Bertz CT molecular complexity index is 770. The number of carboxylic acids is 1. The minimum Gasteiger partial charge on any atom is -0.493 e. The molecule has 0 unspecified atom stereocenters. The Morgan fingerprint density at radius 1 is 1.25 bits per heavy atom. The van der Waals surface area contributed by atoms with Gasteiger partial charge in [0.1, 0.15) is 5.69 Å². The van der Waals surface area contributed by atoms with Crippen molar-refractivity contribution in [3.63, 3.8) is 0 Å². The molecule has 0 aliphatic heterocycles. The van der Waals surface area contributed by atoms with Gasteiger partial charge in [-0.15, -0.1) is 11.3 Å². The number of nitrogens with zero attached hydrogens (tertiary/aromatic N) is 1. The van der Waals surface area contributed by atoms with Gasteiger partial charge in [-0.2, -0.15) is 0 Å². The second-order valence-electron chi connectivity index (χ2n) is 5.24. The fraction of sp³-hybridized carbons (Fsp3) is 0.312. The monoisotopic (exact) mass is 350 g/mol. The Kier molecular flexibility index (Phi) is 5.40. The van der Waals surface area contributed by atoms with E-state index in [9.17, 15) is 14.7 Å². The molecule has 0 radical (unpaired) electrons. The molecule has 1 aromatic carbocycles. The van der Waals surface area contributed by atoms with Crippen LogP contribution in [-0.4, -0.2) is 36.2 Å². The molecule has 0 fully saturated rings. The van der Waals surface area contributed by atoms with Gasteiger partial charge in [-0.05, 0) is 12.1 Å². The zero-order valence-electron chi connectivity index (χ0n) is 13.7. The van der Waals surface area contributed by atoms with Gasteiger partial charge in [-0.1, -0.05) is 13.8 Å². The third-order valence-electron chi connectivity index (χ3n) is 3.22. The standard InChI is InChI=1S/C16H18N2O5S/c1-8(2)15-18-11(7-24-15)14(19)17-10-5-9(16(20)21)6-12(22-3)13(10)23-4/h5-8H,1-4H3,(H,17,19)(H,20,21). The first-order chi connectivity index (χ1) is 11.4. The van der Waals surface area contributed by atoms with Crippen LogP contribution in [0.15, 0.2) is 17.5 Å². The van der Waals surface area contributed by atoms with Crippen LogP contribution in [0.25, 0.3) is 0 Å². The maximum atomic E-state index is 12.4. The van der Waals surface area contributed by atoms with Gasteiger partial charge in [-0.25, -0.2) is 9.78 Å². The predicted molar refractivity (Wildman–Crippen MR) is 90.7 cm³/mol. The summed E-state index contributed by atoms with van der Waals surface area (Å²) in [6, 6.07) is 2.65. The summed E-state index contributed by atoms with van der Waals surface area (Å²) >= 11 is 1.40. The van der Waals surface area contributed by atoms with Gasteiger partial charge in [0.2, 0.25) is 0 Å². The Morgan fingerprint density at radius 3 is 2.46 bits per heavy atom. The largest absolute Gasteiger partial charge is 0.493 e. The van der Waals surface area contributed by atoms with E-state index in [4.69, 9.17) is 9.47 Å². The lowest BCUT2D eigenvalue weighted by Crippen LogP contribution is -2.14. The van der Waals surface area contributed by atoms with E-state index in [1.165, 1.54) is 37.7 Å². The van der Waals surface area contributed by atoms with Crippen LogP contribution in [0.1, 0.15) is 45.6 Å². The topological polar surface area (TPSA) is 97.8 Å². The Labute approximate surface area is 143 Å². The summed E-state index contributed by atoms with van der Waals surface area (Å²) in [5.41, 5.74) is 0.452. The van der Waals surface area contributed by atoms with Crippen molar-refractivity contribution < 1.29 is 24.2 Å². The second-order valence-corrected chi connectivity index (χ2v) is 6.13. The van der Waals surface area contributed by atoms with Crippen molar-refractivity contribution in [1.82, 2.24) is 4.98 Å². The number of amides is 1. The molecule has 1 heterocycles. The Morgan fingerprint density at radius 2 is 1.96 bits per heavy atom. The number of aromatic nitrogens is 1. The van der Waals surface area contributed by atoms with Gasteiger partial charge >= 0.3 is 5.97 Å². The molecule has 0 atom stereocenters. The average molecular weight is 350 g/mol. The number of methoxy groups -OCH3 is 2. The van der Waals surface area contributed by atoms with Crippen molar-refractivity contribution >= 4 is 28.9 Å². The number of thiazole rings is 1. The van der Waals surface area contributed by atoms with Crippen LogP contribution in [0.5, 0.6) is 11.5 Å². The molecule has 128 valence electrons. The van der Waals surface area contributed by atoms with E-state index in [0.717, 1.165) is 5.01 Å². The van der Waals surface area contributed by atoms with Crippen LogP contribution < -0.4 is 14.8 Å². The van der Waals surface area contributed by atoms with E-state index in [1.807, 2.05) is 13.8 Å². The van der Waals surface area contributed by atoms with Crippen molar-refractivity contribution in [3.8, 4) is 11.5 Å². The summed E-state index contributed by atoms with van der Waals surface area (Å²) in [4.78, 5) is 27.9. The van der Waals surface area contributed by atoms with E-state index < -0.39 is 11.9 Å². The highest BCUT2D eigenvalue weighted by Gasteiger charge is 2.19. The Balaban J connectivity index is 2.37. The van der Waals surface area contributed by atoms with Crippen LogP contribution >= 0.6 is 11.3 Å². The highest BCUT2D eigenvalue weighted by Crippen LogP contribution is 2.37. The predicted octanol–water partition coefficient (Wildman–Crippen LogP) is 3.23. The van der Waals surface area contributed by atoms with Crippen molar-refractivity contribution in [2.24, 2.45) is 0 Å². The number of hydrogen-bond acceptors (Lipinski definition) is 6. The van der Waals surface area contributed by atoms with Gasteiger partial charge in [-0.3, -0.25) is 4.79 Å². The van der Waals surface area contributed by atoms with E-state index in [2.05, 4.69) is 10.3 Å². The fourth-order valence-electron chi connectivity index (χ4n) is 2.02. The summed E-state index contributed by atoms with van der Waals surface area (Å²) in [5, 5.41) is 14.3. The van der Waals surface area contributed by atoms with E-state index in [0.29, 0.717) is 0 Å². The second kappa shape index (κ2) is 7.31. The van der Waals surface area contributed by atoms with Gasteiger partial charge in [0.25, 0.3) is 5.91 Å². The molecule has 8 heteroatoms. The SMILES string of the molecule is COc1cc(C(=O)O)cc(NC(=O)c2csc(C(C)C)n2)c1OC. The van der Waals surface area contributed by atoms with Crippen molar-refractivity contribution in [2.75, 3.05) is 19.5 Å². The van der Waals surface area contributed by atoms with Crippen molar-refractivity contribution in [1.29, 1.82) is 0 Å². The summed E-state index contributed by atoms with van der Waals surface area (Å²) in [7, 11) is 2.80. The lowest BCUT2D eigenvalue weighted by molar-refractivity contribution is 0.0696. The number of ether oxygens (including phenoxy) is 2. The number of hydrogen-bond donors (Lipinski definition) is 2. The average Bonchev–Trinajstić information content (AvgIpc) is 3.04. The molecule has 0 aliphatic carbocycles. The maximum Gasteiger partial charge on any atom is 0.335 e. The normalized spacial score (nSPS) is 10.5. The summed E-state index contributed by atoms with van der Waals surface area (Å²) in [6.45, 7) is 3.98. The summed E-state index contributed by atoms with van der Waals surface area (Å²) in [6.07, 6.45) is 0. The highest BCUT2D eigenvalue weighted by molar-refractivity contribution is 7.09. The minimum atomic E-state index is -1.14. The maximum absolute atomic E-state index is 12.4. The van der Waals surface area contributed by atoms with Crippen LogP contribution in [0.4, 0.5) is 5.69 Å². The van der Waals surface area contributed by atoms with Gasteiger partial charge in [0.15, 0.2) is 11.5 Å². The third-order valence-corrected chi connectivity index (χ3v) is 4.37. The van der Waals surface area contributed by atoms with Gasteiger partial charge in [0, 0.05) is 11.3 Å². The molecule has 0 spiro atoms. The van der Waals surface area contributed by atoms with E-state index in [1.54, 1.807) is 5.38 Å². The molecule has 0 saturated heterocycles. The highest BCUT2D eigenvalue weighted by atomic mass is 32.1. The molecule has 2 rings (SSSR count). The summed E-state index contributed by atoms with van der Waals surface area (Å²) in [5.74, 6) is -0.895. The molecular formula is C16H18N2O5S. The first-order valence-corrected chi connectivity index (χ1v) is 8.01. The van der Waals surface area contributed by atoms with Crippen LogP contribution in [0.3, 0.4) is 0 Å². The quantitative estimate of drug-likeness (QED) is 0.830. The van der Waals surface area contributed by atoms with Crippen molar-refractivity contribution in [3.05, 3.63) is 33.8 Å². The molecule has 24 heavy (non-hydrogen) atoms. The van der Waals surface area contributed by atoms with Crippen molar-refractivity contribution in [2.45, 2.75) is 19.8 Å². The number of aromatic carboxylic acids is 1.